The van der Waals surface area contributed by atoms with Crippen LogP contribution in [-0.4, -0.2) is 84.2 Å². The van der Waals surface area contributed by atoms with Crippen molar-refractivity contribution in [2.24, 2.45) is 10.4 Å². The Bertz CT molecular complexity index is 666. The Labute approximate surface area is 197 Å². The number of hydrogen-bond donors (Lipinski definition) is 3. The SMILES string of the molecule is CN=C(NCC(c1ccc(OC)c(OC)c1)N(C)C)NCC1(CCO)CCOC1.I. The number of ether oxygens (including phenoxy) is 3. The van der Waals surface area contributed by atoms with Gasteiger partial charge >= 0.3 is 0 Å². The van der Waals surface area contributed by atoms with Gasteiger partial charge in [-0.3, -0.25) is 4.99 Å². The lowest BCUT2D eigenvalue weighted by molar-refractivity contribution is 0.127. The molecule has 9 heteroatoms. The van der Waals surface area contributed by atoms with Gasteiger partial charge in [0, 0.05) is 38.8 Å². The Balaban J connectivity index is 0.00000450. The van der Waals surface area contributed by atoms with Gasteiger partial charge in [-0.2, -0.15) is 0 Å². The average molecular weight is 536 g/mol. The summed E-state index contributed by atoms with van der Waals surface area (Å²) in [6, 6.07) is 6.11. The number of hydrogen-bond acceptors (Lipinski definition) is 6. The fourth-order valence-corrected chi connectivity index (χ4v) is 3.66. The molecule has 2 unspecified atom stereocenters. The van der Waals surface area contributed by atoms with E-state index >= 15 is 0 Å². The zero-order valence-electron chi connectivity index (χ0n) is 18.7. The first-order chi connectivity index (χ1) is 14.0. The molecule has 1 heterocycles. The van der Waals surface area contributed by atoms with Gasteiger partial charge in [0.25, 0.3) is 0 Å². The Morgan fingerprint density at radius 3 is 2.53 bits per heavy atom. The van der Waals surface area contributed by atoms with E-state index in [1.54, 1.807) is 21.3 Å². The summed E-state index contributed by atoms with van der Waals surface area (Å²) in [5.41, 5.74) is 1.09. The normalized spacial score (nSPS) is 19.9. The van der Waals surface area contributed by atoms with Crippen molar-refractivity contribution in [2.75, 3.05) is 68.3 Å². The molecule has 0 saturated carbocycles. The zero-order chi connectivity index (χ0) is 21.3. The zero-order valence-corrected chi connectivity index (χ0v) is 21.1. The van der Waals surface area contributed by atoms with Crippen molar-refractivity contribution in [3.63, 3.8) is 0 Å². The molecule has 0 bridgehead atoms. The second-order valence-corrected chi connectivity index (χ2v) is 7.68. The molecular weight excluding hydrogens is 499 g/mol. The highest BCUT2D eigenvalue weighted by molar-refractivity contribution is 14.0. The van der Waals surface area contributed by atoms with Crippen LogP contribution >= 0.6 is 24.0 Å². The molecular formula is C21H37IN4O4. The lowest BCUT2D eigenvalue weighted by Crippen LogP contribution is -2.46. The number of aliphatic imine (C=N–C) groups is 1. The monoisotopic (exact) mass is 536 g/mol. The molecule has 1 aromatic carbocycles. The maximum absolute atomic E-state index is 9.40. The van der Waals surface area contributed by atoms with E-state index in [4.69, 9.17) is 14.2 Å². The molecule has 1 aliphatic rings. The van der Waals surface area contributed by atoms with E-state index in [0.29, 0.717) is 24.7 Å². The molecule has 0 radical (unpaired) electrons. The van der Waals surface area contributed by atoms with Gasteiger partial charge in [-0.1, -0.05) is 6.07 Å². The van der Waals surface area contributed by atoms with Crippen molar-refractivity contribution in [2.45, 2.75) is 18.9 Å². The first-order valence-electron chi connectivity index (χ1n) is 10.00. The van der Waals surface area contributed by atoms with Crippen LogP contribution in [0.1, 0.15) is 24.4 Å². The third kappa shape index (κ3) is 7.14. The first-order valence-corrected chi connectivity index (χ1v) is 10.00. The molecule has 30 heavy (non-hydrogen) atoms. The Kier molecular flexibility index (Phi) is 11.7. The largest absolute Gasteiger partial charge is 0.493 e. The second-order valence-electron chi connectivity index (χ2n) is 7.68. The average Bonchev–Trinajstić information content (AvgIpc) is 3.19. The summed E-state index contributed by atoms with van der Waals surface area (Å²) in [6.45, 7) is 2.97. The summed E-state index contributed by atoms with van der Waals surface area (Å²) in [5.74, 6) is 2.17. The highest BCUT2D eigenvalue weighted by Crippen LogP contribution is 2.32. The number of aliphatic hydroxyl groups is 1. The van der Waals surface area contributed by atoms with Crippen LogP contribution in [0.5, 0.6) is 11.5 Å². The molecule has 0 amide bonds. The van der Waals surface area contributed by atoms with Crippen LogP contribution in [0.15, 0.2) is 23.2 Å². The number of aliphatic hydroxyl groups excluding tert-OH is 1. The summed E-state index contributed by atoms with van der Waals surface area (Å²) in [7, 11) is 9.14. The number of nitrogens with zero attached hydrogens (tertiary/aromatic N) is 2. The van der Waals surface area contributed by atoms with Crippen LogP contribution in [0.25, 0.3) is 0 Å². The second kappa shape index (κ2) is 13.2. The molecule has 0 aromatic heterocycles. The number of benzene rings is 1. The van der Waals surface area contributed by atoms with Crippen LogP contribution in [0.3, 0.4) is 0 Å². The van der Waals surface area contributed by atoms with E-state index in [-0.39, 0.29) is 42.0 Å². The van der Waals surface area contributed by atoms with Crippen molar-refractivity contribution in [3.8, 4) is 11.5 Å². The molecule has 0 aliphatic carbocycles. The maximum Gasteiger partial charge on any atom is 0.191 e. The smallest absolute Gasteiger partial charge is 0.191 e. The van der Waals surface area contributed by atoms with Crippen LogP contribution in [-0.2, 0) is 4.74 Å². The lowest BCUT2D eigenvalue weighted by atomic mass is 9.84. The van der Waals surface area contributed by atoms with Gasteiger partial charge < -0.3 is 34.9 Å². The van der Waals surface area contributed by atoms with E-state index in [1.807, 2.05) is 26.2 Å². The van der Waals surface area contributed by atoms with E-state index in [9.17, 15) is 5.11 Å². The van der Waals surface area contributed by atoms with Crippen LogP contribution in [0, 0.1) is 5.41 Å². The molecule has 0 spiro atoms. The van der Waals surface area contributed by atoms with Gasteiger partial charge in [0.2, 0.25) is 0 Å². The number of nitrogens with one attached hydrogen (secondary N) is 2. The van der Waals surface area contributed by atoms with Crippen LogP contribution < -0.4 is 20.1 Å². The summed E-state index contributed by atoms with van der Waals surface area (Å²) in [6.07, 6.45) is 1.67. The maximum atomic E-state index is 9.40. The Morgan fingerprint density at radius 1 is 1.27 bits per heavy atom. The molecule has 1 aliphatic heterocycles. The van der Waals surface area contributed by atoms with E-state index in [0.717, 1.165) is 37.5 Å². The Morgan fingerprint density at radius 2 is 2.00 bits per heavy atom. The third-order valence-electron chi connectivity index (χ3n) is 5.56. The topological polar surface area (TPSA) is 87.6 Å². The van der Waals surface area contributed by atoms with Gasteiger partial charge in [0.1, 0.15) is 0 Å². The fraction of sp³-hybridized carbons (Fsp3) is 0.667. The molecule has 172 valence electrons. The van der Waals surface area contributed by atoms with Gasteiger partial charge in [0.05, 0.1) is 26.9 Å². The van der Waals surface area contributed by atoms with Crippen molar-refractivity contribution >= 4 is 29.9 Å². The van der Waals surface area contributed by atoms with E-state index < -0.39 is 0 Å². The van der Waals surface area contributed by atoms with Gasteiger partial charge in [-0.15, -0.1) is 24.0 Å². The number of rotatable bonds is 10. The fourth-order valence-electron chi connectivity index (χ4n) is 3.66. The third-order valence-corrected chi connectivity index (χ3v) is 5.56. The van der Waals surface area contributed by atoms with E-state index in [2.05, 4.69) is 26.6 Å². The lowest BCUT2D eigenvalue weighted by Gasteiger charge is -2.29. The van der Waals surface area contributed by atoms with Gasteiger partial charge in [0.15, 0.2) is 17.5 Å². The number of likely N-dealkylation sites (N-methyl/N-ethyl adjacent to an activating group) is 1. The van der Waals surface area contributed by atoms with Gasteiger partial charge in [-0.25, -0.2) is 0 Å². The molecule has 8 nitrogen and oxygen atoms in total. The molecule has 3 N–H and O–H groups in total. The molecule has 1 aromatic rings. The summed E-state index contributed by atoms with van der Waals surface area (Å²) < 4.78 is 16.4. The standard InChI is InChI=1S/C21H36N4O4.HI/c1-22-20(24-14-21(8-10-26)9-11-29-15-21)23-13-17(25(2)3)16-6-7-18(27-4)19(12-16)28-5;/h6-7,12,17,26H,8-11,13-15H2,1-5H3,(H2,22,23,24);1H. The summed E-state index contributed by atoms with van der Waals surface area (Å²) in [5, 5.41) is 16.2. The van der Waals surface area contributed by atoms with Crippen molar-refractivity contribution in [3.05, 3.63) is 23.8 Å². The molecule has 1 saturated heterocycles. The van der Waals surface area contributed by atoms with Crippen molar-refractivity contribution in [1.29, 1.82) is 0 Å². The number of methoxy groups -OCH3 is 2. The highest BCUT2D eigenvalue weighted by Gasteiger charge is 2.34. The quantitative estimate of drug-likeness (QED) is 0.239. The highest BCUT2D eigenvalue weighted by atomic mass is 127. The summed E-state index contributed by atoms with van der Waals surface area (Å²) in [4.78, 5) is 6.51. The van der Waals surface area contributed by atoms with Crippen molar-refractivity contribution < 1.29 is 19.3 Å². The molecule has 1 fully saturated rings. The van der Waals surface area contributed by atoms with E-state index in [1.165, 1.54) is 0 Å². The van der Waals surface area contributed by atoms with Crippen molar-refractivity contribution in [1.82, 2.24) is 15.5 Å². The minimum atomic E-state index is -0.0311. The first kappa shape index (κ1) is 26.7. The summed E-state index contributed by atoms with van der Waals surface area (Å²) >= 11 is 0. The van der Waals surface area contributed by atoms with Gasteiger partial charge in [-0.05, 0) is 44.6 Å². The number of guanidine groups is 1. The Hall–Kier alpha value is -1.30. The van der Waals surface area contributed by atoms with Crippen LogP contribution in [0.2, 0.25) is 0 Å². The molecule has 2 atom stereocenters. The minimum absolute atomic E-state index is 0. The minimum Gasteiger partial charge on any atom is -0.493 e. The predicted molar refractivity (Wildman–Crippen MR) is 130 cm³/mol. The number of halogens is 1. The van der Waals surface area contributed by atoms with Crippen LogP contribution in [0.4, 0.5) is 0 Å². The predicted octanol–water partition coefficient (Wildman–Crippen LogP) is 1.88. The molecule has 2 rings (SSSR count).